The van der Waals surface area contributed by atoms with Crippen molar-refractivity contribution in [2.24, 2.45) is 60.8 Å². The lowest BCUT2D eigenvalue weighted by Gasteiger charge is -2.28. The van der Waals surface area contributed by atoms with Crippen molar-refractivity contribution >= 4 is 91.9 Å². The first kappa shape index (κ1) is 64.1. The van der Waals surface area contributed by atoms with E-state index in [1.165, 1.54) is 0 Å². The summed E-state index contributed by atoms with van der Waals surface area (Å²) in [6.07, 6.45) is 5.65. The average molecular weight is 1190 g/mol. The summed E-state index contributed by atoms with van der Waals surface area (Å²) in [4.78, 5) is 123. The molecule has 0 aliphatic heterocycles. The SMILES string of the molecule is NC(=O)[C@H](Cc1ccccc1)NC(=O)[C@H](Cc1c[nH]c2ccccc12)NC(=O)[C@H](CCCN=C(N)N)NC(=O)[C@H](Cc1c[nH]c2ccccc12)NC(=O)[C@H](CCCN=C(N)N)NC(=O)[C@H](Cc1c[nH]c2ccccc12)NC(=O)[C@@H](N)CCCN=C(N)N. The van der Waals surface area contributed by atoms with E-state index in [2.05, 4.69) is 61.8 Å². The lowest BCUT2D eigenvalue weighted by molar-refractivity contribution is -0.135. The Hall–Kier alpha value is -10.4. The highest BCUT2D eigenvalue weighted by molar-refractivity contribution is 5.99. The molecular weight excluding hydrogens is 1110 g/mol. The molecule has 25 N–H and O–H groups in total. The highest BCUT2D eigenvalue weighted by Crippen LogP contribution is 2.23. The number of nitrogens with one attached hydrogen (secondary N) is 9. The maximum atomic E-state index is 15.2. The number of aliphatic imine (C=N–C) groups is 3. The van der Waals surface area contributed by atoms with Crippen LogP contribution in [0, 0.1) is 0 Å². The first-order chi connectivity index (χ1) is 41.8. The van der Waals surface area contributed by atoms with Gasteiger partial charge in [-0.15, -0.1) is 0 Å². The fraction of sp³-hybridized carbons (Fsp3) is 0.333. The molecule has 4 aromatic carbocycles. The van der Waals surface area contributed by atoms with Crippen molar-refractivity contribution in [3.8, 4) is 0 Å². The summed E-state index contributed by atoms with van der Waals surface area (Å²) in [6.45, 7) is 0.315. The number of primary amides is 1. The summed E-state index contributed by atoms with van der Waals surface area (Å²) < 4.78 is 0. The van der Waals surface area contributed by atoms with Crippen molar-refractivity contribution in [3.05, 3.63) is 144 Å². The number of hydrogen-bond donors (Lipinski definition) is 17. The molecule has 87 heavy (non-hydrogen) atoms. The van der Waals surface area contributed by atoms with Gasteiger partial charge in [0.2, 0.25) is 41.4 Å². The number of aromatic amines is 3. The molecule has 460 valence electrons. The molecule has 27 nitrogen and oxygen atoms in total. The highest BCUT2D eigenvalue weighted by atomic mass is 16.2. The second-order valence-corrected chi connectivity index (χ2v) is 21.1. The molecule has 0 aliphatic rings. The van der Waals surface area contributed by atoms with E-state index in [9.17, 15) is 24.0 Å². The van der Waals surface area contributed by atoms with E-state index in [0.717, 1.165) is 38.3 Å². The number of nitrogens with zero attached hydrogens (tertiary/aromatic N) is 3. The Labute approximate surface area is 501 Å². The number of guanidine groups is 3. The third kappa shape index (κ3) is 19.0. The van der Waals surface area contributed by atoms with Crippen molar-refractivity contribution in [2.75, 3.05) is 19.6 Å². The van der Waals surface area contributed by atoms with Gasteiger partial charge in [-0.1, -0.05) is 84.9 Å². The van der Waals surface area contributed by atoms with Gasteiger partial charge >= 0.3 is 0 Å². The van der Waals surface area contributed by atoms with Crippen molar-refractivity contribution in [3.63, 3.8) is 0 Å². The molecule has 0 bridgehead atoms. The van der Waals surface area contributed by atoms with Crippen LogP contribution in [0.15, 0.2) is 137 Å². The summed E-state index contributed by atoms with van der Waals surface area (Å²) in [5, 5.41) is 19.2. The smallest absolute Gasteiger partial charge is 0.243 e. The monoisotopic (exact) mass is 1190 g/mol. The molecule has 3 aromatic heterocycles. The minimum atomic E-state index is -1.44. The van der Waals surface area contributed by atoms with Crippen molar-refractivity contribution in [2.45, 2.75) is 107 Å². The Morgan fingerprint density at radius 3 is 1.05 bits per heavy atom. The van der Waals surface area contributed by atoms with Crippen molar-refractivity contribution in [1.29, 1.82) is 0 Å². The fourth-order valence-electron chi connectivity index (χ4n) is 10.1. The van der Waals surface area contributed by atoms with Gasteiger partial charge in [0, 0.05) is 96.6 Å². The molecule has 27 heteroatoms. The third-order valence-electron chi connectivity index (χ3n) is 14.6. The van der Waals surface area contributed by atoms with Gasteiger partial charge in [0.05, 0.1) is 6.04 Å². The zero-order valence-electron chi connectivity index (χ0n) is 48.1. The number of carbonyl (C=O) groups is 7. The number of carbonyl (C=O) groups excluding carboxylic acids is 7. The van der Waals surface area contributed by atoms with E-state index in [1.807, 2.05) is 78.9 Å². The number of H-pyrrole nitrogens is 3. The molecule has 0 aliphatic carbocycles. The van der Waals surface area contributed by atoms with Crippen LogP contribution in [0.2, 0.25) is 0 Å². The van der Waals surface area contributed by atoms with E-state index >= 15 is 9.59 Å². The molecule has 0 spiro atoms. The van der Waals surface area contributed by atoms with Crippen LogP contribution in [-0.4, -0.2) is 136 Å². The molecule has 7 atom stereocenters. The fourth-order valence-corrected chi connectivity index (χ4v) is 10.1. The Bertz CT molecular complexity index is 3580. The number of fused-ring (bicyclic) bond motifs is 3. The number of para-hydroxylation sites is 3. The second-order valence-electron chi connectivity index (χ2n) is 21.1. The molecular formula is C60H78N20O7. The van der Waals surface area contributed by atoms with Gasteiger partial charge in [-0.25, -0.2) is 0 Å². The molecule has 0 radical (unpaired) electrons. The molecule has 7 aromatic rings. The van der Waals surface area contributed by atoms with Gasteiger partial charge in [-0.2, -0.15) is 0 Å². The van der Waals surface area contributed by atoms with Gasteiger partial charge in [-0.3, -0.25) is 48.5 Å². The van der Waals surface area contributed by atoms with E-state index in [0.29, 0.717) is 23.1 Å². The van der Waals surface area contributed by atoms with Gasteiger partial charge in [0.25, 0.3) is 0 Å². The average Bonchev–Trinajstić information content (AvgIpc) is 4.01. The molecule has 3 heterocycles. The number of nitrogens with two attached hydrogens (primary N) is 8. The van der Waals surface area contributed by atoms with Crippen LogP contribution in [0.4, 0.5) is 0 Å². The summed E-state index contributed by atoms with van der Waals surface area (Å²) in [5.41, 5.74) is 50.7. The van der Waals surface area contributed by atoms with Crippen molar-refractivity contribution in [1.82, 2.24) is 46.9 Å². The topological polar surface area (TPSA) is 484 Å². The zero-order valence-corrected chi connectivity index (χ0v) is 48.1. The minimum absolute atomic E-state index is 0.0351. The van der Waals surface area contributed by atoms with Crippen LogP contribution in [-0.2, 0) is 59.2 Å². The maximum absolute atomic E-state index is 15.2. The predicted molar refractivity (Wildman–Crippen MR) is 335 cm³/mol. The molecule has 0 unspecified atom stereocenters. The van der Waals surface area contributed by atoms with Gasteiger partial charge in [0.15, 0.2) is 17.9 Å². The molecule has 0 saturated carbocycles. The maximum Gasteiger partial charge on any atom is 0.243 e. The van der Waals surface area contributed by atoms with Crippen LogP contribution >= 0.6 is 0 Å². The van der Waals surface area contributed by atoms with Crippen LogP contribution in [0.25, 0.3) is 32.7 Å². The summed E-state index contributed by atoms with van der Waals surface area (Å²) in [7, 11) is 0. The normalized spacial score (nSPS) is 13.6. The van der Waals surface area contributed by atoms with Crippen LogP contribution < -0.4 is 77.8 Å². The standard InChI is InChI=1S/C60H78N20O7/c61-41(18-10-24-69-58(63)64)52(82)78-48(28-35-31-72-42-19-7-4-15-38(35)42)55(85)75-45(22-11-25-70-59(65)66)53(83)79-49(29-36-32-73-43-20-8-5-16-39(36)43)56(86)76-46(23-12-26-71-60(67)68)54(84)80-50(30-37-33-74-44-21-9-6-17-40(37)44)57(87)77-47(51(62)81)27-34-13-2-1-3-14-34/h1-9,13-17,19-21,31-33,41,45-50,72-74H,10-12,18,22-30,61H2,(H2,62,81)(H,75,85)(H,76,86)(H,77,87)(H,78,82)(H,79,83)(H,80,84)(H4,63,64,69)(H4,65,66,70)(H4,67,68,71)/t41-,45-,46-,47-,48-,49-,50-/m0/s1. The Kier molecular flexibility index (Phi) is 23.2. The summed E-state index contributed by atoms with van der Waals surface area (Å²) in [6, 6.07) is 22.0. The van der Waals surface area contributed by atoms with Crippen LogP contribution in [0.3, 0.4) is 0 Å². The quantitative estimate of drug-likeness (QED) is 0.0137. The lowest BCUT2D eigenvalue weighted by atomic mass is 10.0. The van der Waals surface area contributed by atoms with E-state index in [-0.39, 0.29) is 95.3 Å². The third-order valence-corrected chi connectivity index (χ3v) is 14.6. The number of amides is 7. The Balaban J connectivity index is 1.19. The van der Waals surface area contributed by atoms with Crippen molar-refractivity contribution < 1.29 is 33.6 Å². The number of aromatic nitrogens is 3. The van der Waals surface area contributed by atoms with Gasteiger partial charge in [0.1, 0.15) is 36.3 Å². The second kappa shape index (κ2) is 31.5. The van der Waals surface area contributed by atoms with Gasteiger partial charge < -0.3 is 92.7 Å². The van der Waals surface area contributed by atoms with Crippen LogP contribution in [0.1, 0.15) is 60.8 Å². The number of rotatable bonds is 33. The van der Waals surface area contributed by atoms with Crippen LogP contribution in [0.5, 0.6) is 0 Å². The predicted octanol–water partition coefficient (Wildman–Crippen LogP) is -0.717. The largest absolute Gasteiger partial charge is 0.370 e. The molecule has 7 rings (SSSR count). The van der Waals surface area contributed by atoms with Gasteiger partial charge in [-0.05, 0) is 79.0 Å². The number of hydrogen-bond acceptors (Lipinski definition) is 11. The summed E-state index contributed by atoms with van der Waals surface area (Å²) >= 11 is 0. The highest BCUT2D eigenvalue weighted by Gasteiger charge is 2.35. The first-order valence-corrected chi connectivity index (χ1v) is 28.6. The van der Waals surface area contributed by atoms with E-state index in [4.69, 9.17) is 45.9 Å². The lowest BCUT2D eigenvalue weighted by Crippen LogP contribution is -2.60. The number of benzene rings is 4. The molecule has 0 saturated heterocycles. The molecule has 7 amide bonds. The molecule has 0 fully saturated rings. The minimum Gasteiger partial charge on any atom is -0.370 e. The van der Waals surface area contributed by atoms with E-state index < -0.39 is 83.6 Å². The Morgan fingerprint density at radius 1 is 0.368 bits per heavy atom. The van der Waals surface area contributed by atoms with E-state index in [1.54, 1.807) is 42.9 Å². The Morgan fingerprint density at radius 2 is 0.678 bits per heavy atom. The zero-order chi connectivity index (χ0) is 62.4. The summed E-state index contributed by atoms with van der Waals surface area (Å²) in [5.74, 6) is -5.91. The first-order valence-electron chi connectivity index (χ1n) is 28.6.